The zero-order chi connectivity index (χ0) is 19.6. The summed E-state index contributed by atoms with van der Waals surface area (Å²) in [5.74, 6) is -1.84. The monoisotopic (exact) mass is 398 g/mol. The number of fused-ring (bicyclic) bond motifs is 1. The number of rotatable bonds is 4. The maximum absolute atomic E-state index is 13.9. The van der Waals surface area contributed by atoms with Gasteiger partial charge in [0.05, 0.1) is 10.5 Å². The van der Waals surface area contributed by atoms with Crippen LogP contribution in [0.2, 0.25) is 0 Å². The van der Waals surface area contributed by atoms with Crippen LogP contribution in [0.3, 0.4) is 0 Å². The molecular formula is C18H23FN2O5S. The Balaban J connectivity index is 1.66. The number of likely N-dealkylation sites (tertiary alicyclic amines) is 1. The molecule has 7 nitrogen and oxygen atoms in total. The van der Waals surface area contributed by atoms with E-state index in [1.54, 1.807) is 4.90 Å². The van der Waals surface area contributed by atoms with Gasteiger partial charge in [0.15, 0.2) is 6.61 Å². The third-order valence-corrected chi connectivity index (χ3v) is 6.29. The summed E-state index contributed by atoms with van der Waals surface area (Å²) in [5.41, 5.74) is -0.566. The zero-order valence-corrected chi connectivity index (χ0v) is 15.7. The van der Waals surface area contributed by atoms with E-state index in [0.29, 0.717) is 12.5 Å². The van der Waals surface area contributed by atoms with Gasteiger partial charge in [0, 0.05) is 12.6 Å². The van der Waals surface area contributed by atoms with Crippen LogP contribution in [0.1, 0.15) is 48.9 Å². The molecule has 1 aliphatic heterocycles. The molecule has 1 saturated heterocycles. The summed E-state index contributed by atoms with van der Waals surface area (Å²) in [6.07, 6.45) is 6.36. The number of piperidine rings is 1. The van der Waals surface area contributed by atoms with E-state index in [0.717, 1.165) is 50.3 Å². The molecule has 2 N–H and O–H groups in total. The fourth-order valence-corrected chi connectivity index (χ4v) is 4.60. The SMILES string of the molecule is NS(=O)(=O)c1ccc(F)c(C(=O)OCC(=O)N2CCC[C@H]3CCCC[C@H]32)c1. The highest BCUT2D eigenvalue weighted by Crippen LogP contribution is 2.35. The van der Waals surface area contributed by atoms with Crippen LogP contribution in [-0.2, 0) is 19.6 Å². The molecule has 0 radical (unpaired) electrons. The van der Waals surface area contributed by atoms with Crippen molar-refractivity contribution >= 4 is 21.9 Å². The average Bonchev–Trinajstić information content (AvgIpc) is 2.64. The van der Waals surface area contributed by atoms with Crippen LogP contribution < -0.4 is 5.14 Å². The van der Waals surface area contributed by atoms with Crippen LogP contribution in [0, 0.1) is 11.7 Å². The Kier molecular flexibility index (Phi) is 5.81. The number of sulfonamides is 1. The normalized spacial score (nSPS) is 22.8. The largest absolute Gasteiger partial charge is 0.452 e. The first-order chi connectivity index (χ1) is 12.8. The van der Waals surface area contributed by atoms with Crippen molar-refractivity contribution in [1.82, 2.24) is 4.90 Å². The van der Waals surface area contributed by atoms with E-state index in [4.69, 9.17) is 9.88 Å². The van der Waals surface area contributed by atoms with E-state index in [9.17, 15) is 22.4 Å². The van der Waals surface area contributed by atoms with Crippen molar-refractivity contribution in [2.24, 2.45) is 11.1 Å². The number of ether oxygens (including phenoxy) is 1. The second-order valence-electron chi connectivity index (χ2n) is 7.10. The first kappa shape index (κ1) is 19.8. The number of esters is 1. The Morgan fingerprint density at radius 1 is 1.19 bits per heavy atom. The van der Waals surface area contributed by atoms with Gasteiger partial charge < -0.3 is 9.64 Å². The van der Waals surface area contributed by atoms with Crippen molar-refractivity contribution in [3.05, 3.63) is 29.6 Å². The molecule has 1 aromatic carbocycles. The molecule has 2 aliphatic rings. The lowest BCUT2D eigenvalue weighted by Crippen LogP contribution is -2.50. The molecule has 3 rings (SSSR count). The highest BCUT2D eigenvalue weighted by atomic mass is 32.2. The zero-order valence-electron chi connectivity index (χ0n) is 14.9. The average molecular weight is 398 g/mol. The van der Waals surface area contributed by atoms with Crippen LogP contribution >= 0.6 is 0 Å². The van der Waals surface area contributed by atoms with Crippen molar-refractivity contribution in [1.29, 1.82) is 0 Å². The number of primary sulfonamides is 1. The standard InChI is InChI=1S/C18H23FN2O5S/c19-15-8-7-13(27(20,24)25)10-14(15)18(23)26-11-17(22)21-9-3-5-12-4-1-2-6-16(12)21/h7-8,10,12,16H,1-6,9,11H2,(H2,20,24,25)/t12-,16-/m1/s1. The van der Waals surface area contributed by atoms with Crippen LogP contribution in [0.15, 0.2) is 23.1 Å². The highest BCUT2D eigenvalue weighted by molar-refractivity contribution is 7.89. The predicted molar refractivity (Wildman–Crippen MR) is 94.7 cm³/mol. The lowest BCUT2D eigenvalue weighted by molar-refractivity contribution is -0.140. The predicted octanol–water partition coefficient (Wildman–Crippen LogP) is 1.81. The quantitative estimate of drug-likeness (QED) is 0.779. The number of amides is 1. The number of carbonyl (C=O) groups is 2. The summed E-state index contributed by atoms with van der Waals surface area (Å²) in [5, 5.41) is 4.99. The molecule has 148 valence electrons. The molecule has 2 atom stereocenters. The minimum absolute atomic E-state index is 0.182. The fourth-order valence-electron chi connectivity index (χ4n) is 4.06. The first-order valence-corrected chi connectivity index (χ1v) is 10.6. The lowest BCUT2D eigenvalue weighted by atomic mass is 9.78. The summed E-state index contributed by atoms with van der Waals surface area (Å²) in [6, 6.07) is 2.79. The van der Waals surface area contributed by atoms with Crippen molar-refractivity contribution in [3.63, 3.8) is 0 Å². The van der Waals surface area contributed by atoms with Crippen LogP contribution in [0.25, 0.3) is 0 Å². The highest BCUT2D eigenvalue weighted by Gasteiger charge is 2.35. The Labute approximate surface area is 157 Å². The summed E-state index contributed by atoms with van der Waals surface area (Å²) < 4.78 is 41.6. The molecule has 0 bridgehead atoms. The minimum atomic E-state index is -4.09. The Morgan fingerprint density at radius 3 is 2.63 bits per heavy atom. The molecular weight excluding hydrogens is 375 g/mol. The second-order valence-corrected chi connectivity index (χ2v) is 8.67. The Morgan fingerprint density at radius 2 is 1.89 bits per heavy atom. The molecule has 9 heteroatoms. The summed E-state index contributed by atoms with van der Waals surface area (Å²) in [4.78, 5) is 26.1. The summed E-state index contributed by atoms with van der Waals surface area (Å²) in [6.45, 7) is 0.133. The van der Waals surface area contributed by atoms with Gasteiger partial charge in [-0.2, -0.15) is 0 Å². The van der Waals surface area contributed by atoms with E-state index < -0.39 is 38.9 Å². The van der Waals surface area contributed by atoms with Crippen LogP contribution in [0.4, 0.5) is 4.39 Å². The smallest absolute Gasteiger partial charge is 0.341 e. The van der Waals surface area contributed by atoms with Gasteiger partial charge in [-0.1, -0.05) is 12.8 Å². The molecule has 0 spiro atoms. The van der Waals surface area contributed by atoms with Gasteiger partial charge in [0.1, 0.15) is 5.82 Å². The number of hydrogen-bond acceptors (Lipinski definition) is 5. The maximum Gasteiger partial charge on any atom is 0.341 e. The lowest BCUT2D eigenvalue weighted by Gasteiger charge is -2.44. The van der Waals surface area contributed by atoms with Crippen molar-refractivity contribution in [2.75, 3.05) is 13.2 Å². The summed E-state index contributed by atoms with van der Waals surface area (Å²) in [7, 11) is -4.09. The Hall–Kier alpha value is -2.00. The van der Waals surface area contributed by atoms with Crippen molar-refractivity contribution in [2.45, 2.75) is 49.5 Å². The molecule has 1 heterocycles. The molecule has 0 unspecified atom stereocenters. The van der Waals surface area contributed by atoms with Crippen LogP contribution in [-0.4, -0.2) is 44.4 Å². The molecule has 1 aromatic rings. The van der Waals surface area contributed by atoms with E-state index >= 15 is 0 Å². The van der Waals surface area contributed by atoms with Gasteiger partial charge in [-0.25, -0.2) is 22.7 Å². The van der Waals surface area contributed by atoms with Crippen LogP contribution in [0.5, 0.6) is 0 Å². The van der Waals surface area contributed by atoms with Gasteiger partial charge in [-0.3, -0.25) is 4.79 Å². The van der Waals surface area contributed by atoms with E-state index in [2.05, 4.69) is 0 Å². The molecule has 27 heavy (non-hydrogen) atoms. The van der Waals surface area contributed by atoms with E-state index in [-0.39, 0.29) is 11.9 Å². The molecule has 0 aromatic heterocycles. The van der Waals surface area contributed by atoms with Crippen molar-refractivity contribution < 1.29 is 27.1 Å². The number of nitrogens with zero attached hydrogens (tertiary/aromatic N) is 1. The van der Waals surface area contributed by atoms with E-state index in [1.165, 1.54) is 6.42 Å². The van der Waals surface area contributed by atoms with Gasteiger partial charge in [0.25, 0.3) is 5.91 Å². The minimum Gasteiger partial charge on any atom is -0.452 e. The van der Waals surface area contributed by atoms with Gasteiger partial charge in [-0.15, -0.1) is 0 Å². The molecule has 1 aliphatic carbocycles. The number of carbonyl (C=O) groups excluding carboxylic acids is 2. The Bertz CT molecular complexity index is 840. The van der Waals surface area contributed by atoms with Gasteiger partial charge in [-0.05, 0) is 49.8 Å². The first-order valence-electron chi connectivity index (χ1n) is 9.06. The topological polar surface area (TPSA) is 107 Å². The van der Waals surface area contributed by atoms with Crippen molar-refractivity contribution in [3.8, 4) is 0 Å². The second kappa shape index (κ2) is 7.93. The third kappa shape index (κ3) is 4.47. The van der Waals surface area contributed by atoms with Gasteiger partial charge in [0.2, 0.25) is 10.0 Å². The molecule has 1 saturated carbocycles. The number of nitrogens with two attached hydrogens (primary N) is 1. The number of benzene rings is 1. The van der Waals surface area contributed by atoms with E-state index in [1.807, 2.05) is 0 Å². The molecule has 1 amide bonds. The number of halogens is 1. The summed E-state index contributed by atoms with van der Waals surface area (Å²) >= 11 is 0. The maximum atomic E-state index is 13.9. The van der Waals surface area contributed by atoms with Gasteiger partial charge >= 0.3 is 5.97 Å². The fraction of sp³-hybridized carbons (Fsp3) is 0.556. The third-order valence-electron chi connectivity index (χ3n) is 5.38. The number of hydrogen-bond donors (Lipinski definition) is 1. The molecule has 2 fully saturated rings.